The van der Waals surface area contributed by atoms with E-state index in [1.807, 2.05) is 0 Å². The Labute approximate surface area is 353 Å². The van der Waals surface area contributed by atoms with Crippen LogP contribution in [0.15, 0.2) is 212 Å². The molecule has 0 bridgehead atoms. The van der Waals surface area contributed by atoms with Gasteiger partial charge in [-0.3, -0.25) is 0 Å². The van der Waals surface area contributed by atoms with Gasteiger partial charge in [-0.25, -0.2) is 0 Å². The minimum atomic E-state index is 1.16. The van der Waals surface area contributed by atoms with Gasteiger partial charge in [0.2, 0.25) is 0 Å². The largest absolute Gasteiger partial charge is 0.309 e. The fourth-order valence-electron chi connectivity index (χ4n) is 10.5. The molecule has 2 nitrogen and oxygen atoms in total. The quantitative estimate of drug-likeness (QED) is 0.154. The van der Waals surface area contributed by atoms with Gasteiger partial charge in [-0.1, -0.05) is 158 Å². The molecule has 0 aliphatic heterocycles. The summed E-state index contributed by atoms with van der Waals surface area (Å²) < 4.78 is 4.84. The number of nitrogens with zero attached hydrogens (tertiary/aromatic N) is 2. The molecule has 0 unspecified atom stereocenters. The van der Waals surface area contributed by atoms with Crippen molar-refractivity contribution in [2.24, 2.45) is 0 Å². The summed E-state index contributed by atoms with van der Waals surface area (Å²) in [5.41, 5.74) is 15.9. The number of hydrogen-bond donors (Lipinski definition) is 0. The van der Waals surface area contributed by atoms with Crippen molar-refractivity contribution in [2.45, 2.75) is 6.92 Å². The second-order valence-electron chi connectivity index (χ2n) is 16.5. The second kappa shape index (κ2) is 13.0. The summed E-state index contributed by atoms with van der Waals surface area (Å²) in [6.07, 6.45) is 0. The van der Waals surface area contributed by atoms with E-state index in [0.717, 1.165) is 11.4 Å². The maximum absolute atomic E-state index is 2.45. The lowest BCUT2D eigenvalue weighted by Gasteiger charge is -2.20. The first-order chi connectivity index (χ1) is 30.2. The summed E-state index contributed by atoms with van der Waals surface area (Å²) in [7, 11) is 0. The molecule has 0 radical (unpaired) electrons. The van der Waals surface area contributed by atoms with Gasteiger partial charge in [-0.15, -0.1) is 0 Å². The molecule has 0 saturated carbocycles. The summed E-state index contributed by atoms with van der Waals surface area (Å²) in [5.74, 6) is 0. The Morgan fingerprint density at radius 1 is 0.279 bits per heavy atom. The van der Waals surface area contributed by atoms with Crippen LogP contribution in [0, 0.1) is 6.92 Å². The standard InChI is InChI=1S/C59H38N2/c1-37-14-2-3-19-43(37)53-36-52(40-16-13-18-42(35-40)61-56-26-10-6-22-47(56)48-23-7-11-27-57(48)61)50-31-29-38-28-30-44(49-32-33-51(53)59(50)58(38)49)39-15-12-17-41(34-39)60-54-24-8-4-20-45(54)46-21-5-9-25-55(46)60/h2-36H,1H3. The van der Waals surface area contributed by atoms with Crippen LogP contribution in [-0.2, 0) is 0 Å². The smallest absolute Gasteiger partial charge is 0.0541 e. The first-order valence-electron chi connectivity index (χ1n) is 21.2. The highest BCUT2D eigenvalue weighted by Crippen LogP contribution is 2.47. The molecule has 61 heavy (non-hydrogen) atoms. The van der Waals surface area contributed by atoms with Crippen molar-refractivity contribution in [2.75, 3.05) is 0 Å². The molecule has 284 valence electrons. The van der Waals surface area contributed by atoms with Gasteiger partial charge in [-0.2, -0.15) is 0 Å². The van der Waals surface area contributed by atoms with E-state index < -0.39 is 0 Å². The Kier molecular flexibility index (Phi) is 7.26. The van der Waals surface area contributed by atoms with Gasteiger partial charge in [0.15, 0.2) is 0 Å². The molecule has 13 aromatic rings. The van der Waals surface area contributed by atoms with Crippen molar-refractivity contribution in [1.82, 2.24) is 9.13 Å². The van der Waals surface area contributed by atoms with Gasteiger partial charge in [0.05, 0.1) is 22.1 Å². The molecule has 2 heterocycles. The van der Waals surface area contributed by atoms with Crippen molar-refractivity contribution in [3.63, 3.8) is 0 Å². The zero-order valence-corrected chi connectivity index (χ0v) is 33.6. The lowest BCUT2D eigenvalue weighted by Crippen LogP contribution is -1.96. The summed E-state index contributed by atoms with van der Waals surface area (Å²) in [4.78, 5) is 0. The van der Waals surface area contributed by atoms with Crippen LogP contribution in [0.5, 0.6) is 0 Å². The van der Waals surface area contributed by atoms with Crippen LogP contribution in [0.25, 0.3) is 121 Å². The Morgan fingerprint density at radius 3 is 1.28 bits per heavy atom. The van der Waals surface area contributed by atoms with E-state index in [1.165, 1.54) is 115 Å². The maximum Gasteiger partial charge on any atom is 0.0541 e. The lowest BCUT2D eigenvalue weighted by atomic mass is 9.83. The lowest BCUT2D eigenvalue weighted by molar-refractivity contribution is 1.18. The molecule has 2 aromatic heterocycles. The van der Waals surface area contributed by atoms with E-state index in [1.54, 1.807) is 0 Å². The molecule has 0 fully saturated rings. The molecule has 0 saturated heterocycles. The van der Waals surface area contributed by atoms with Crippen LogP contribution < -0.4 is 0 Å². The fraction of sp³-hybridized carbons (Fsp3) is 0.0169. The molecule has 0 spiro atoms. The number of aromatic nitrogens is 2. The molecular weight excluding hydrogens is 737 g/mol. The van der Waals surface area contributed by atoms with E-state index in [4.69, 9.17) is 0 Å². The predicted octanol–water partition coefficient (Wildman–Crippen LogP) is 16.1. The monoisotopic (exact) mass is 774 g/mol. The van der Waals surface area contributed by atoms with E-state index in [0.29, 0.717) is 0 Å². The number of rotatable bonds is 5. The molecular formula is C59H38N2. The van der Waals surface area contributed by atoms with E-state index >= 15 is 0 Å². The van der Waals surface area contributed by atoms with Gasteiger partial charge >= 0.3 is 0 Å². The average molecular weight is 775 g/mol. The first kappa shape index (κ1) is 34.0. The third-order valence-electron chi connectivity index (χ3n) is 13.2. The number of para-hydroxylation sites is 4. The number of aryl methyl sites for hydroxylation is 1. The van der Waals surface area contributed by atoms with Crippen molar-refractivity contribution < 1.29 is 0 Å². The van der Waals surface area contributed by atoms with E-state index in [2.05, 4.69) is 228 Å². The minimum absolute atomic E-state index is 1.16. The molecule has 13 rings (SSSR count). The highest BCUT2D eigenvalue weighted by molar-refractivity contribution is 6.30. The molecule has 11 aromatic carbocycles. The van der Waals surface area contributed by atoms with Crippen LogP contribution in [0.3, 0.4) is 0 Å². The molecule has 2 heteroatoms. The Bertz CT molecular complexity index is 3790. The zero-order valence-electron chi connectivity index (χ0n) is 33.6. The third-order valence-corrected chi connectivity index (χ3v) is 13.2. The van der Waals surface area contributed by atoms with Crippen LogP contribution in [0.1, 0.15) is 5.56 Å². The van der Waals surface area contributed by atoms with Crippen LogP contribution in [0.2, 0.25) is 0 Å². The SMILES string of the molecule is Cc1ccccc1-c1cc(-c2cccc(-n3c4ccccc4c4ccccc43)c2)c2ccc3ccc(-c4cccc(-n5c6ccccc6c6ccccc65)c4)c4ccc1c2c34. The summed E-state index contributed by atoms with van der Waals surface area (Å²) >= 11 is 0. The van der Waals surface area contributed by atoms with Crippen molar-refractivity contribution in [3.05, 3.63) is 218 Å². The average Bonchev–Trinajstić information content (AvgIpc) is 3.84. The second-order valence-corrected chi connectivity index (χ2v) is 16.5. The molecule has 0 N–H and O–H groups in total. The molecule has 0 aliphatic carbocycles. The Hall–Kier alpha value is -7.94. The molecule has 0 aliphatic rings. The summed E-state index contributed by atoms with van der Waals surface area (Å²) in [6.45, 7) is 2.23. The van der Waals surface area contributed by atoms with Gasteiger partial charge in [0.1, 0.15) is 0 Å². The zero-order chi connectivity index (χ0) is 40.2. The maximum atomic E-state index is 2.45. The third kappa shape index (κ3) is 4.97. The summed E-state index contributed by atoms with van der Waals surface area (Å²) in [5, 5.41) is 12.8. The van der Waals surface area contributed by atoms with Crippen LogP contribution in [0.4, 0.5) is 0 Å². The number of fused-ring (bicyclic) bond motifs is 6. The molecule has 0 atom stereocenters. The van der Waals surface area contributed by atoms with Crippen LogP contribution in [-0.4, -0.2) is 9.13 Å². The normalized spacial score (nSPS) is 12.0. The van der Waals surface area contributed by atoms with Gasteiger partial charge < -0.3 is 9.13 Å². The first-order valence-corrected chi connectivity index (χ1v) is 21.2. The molecule has 0 amide bonds. The summed E-state index contributed by atoms with van der Waals surface area (Å²) in [6, 6.07) is 78.6. The number of hydrogen-bond acceptors (Lipinski definition) is 0. The highest BCUT2D eigenvalue weighted by atomic mass is 15.0. The predicted molar refractivity (Wildman–Crippen MR) is 260 cm³/mol. The van der Waals surface area contributed by atoms with Gasteiger partial charge in [-0.05, 0) is 133 Å². The van der Waals surface area contributed by atoms with Gasteiger partial charge in [0.25, 0.3) is 0 Å². The number of benzene rings is 11. The highest BCUT2D eigenvalue weighted by Gasteiger charge is 2.21. The van der Waals surface area contributed by atoms with Crippen LogP contribution >= 0.6 is 0 Å². The van der Waals surface area contributed by atoms with E-state index in [9.17, 15) is 0 Å². The Balaban J connectivity index is 1.06. The minimum Gasteiger partial charge on any atom is -0.309 e. The Morgan fingerprint density at radius 2 is 0.721 bits per heavy atom. The van der Waals surface area contributed by atoms with Crippen molar-refractivity contribution in [3.8, 4) is 44.8 Å². The van der Waals surface area contributed by atoms with Crippen molar-refractivity contribution >= 4 is 75.9 Å². The van der Waals surface area contributed by atoms with Crippen molar-refractivity contribution in [1.29, 1.82) is 0 Å². The van der Waals surface area contributed by atoms with E-state index in [-0.39, 0.29) is 0 Å². The topological polar surface area (TPSA) is 9.86 Å². The van der Waals surface area contributed by atoms with Gasteiger partial charge in [0, 0.05) is 32.9 Å². The fourth-order valence-corrected chi connectivity index (χ4v) is 10.5.